The Hall–Kier alpha value is -2.01. The van der Waals surface area contributed by atoms with Crippen molar-refractivity contribution < 1.29 is 4.39 Å². The summed E-state index contributed by atoms with van der Waals surface area (Å²) in [5.74, 6) is 0.743. The van der Waals surface area contributed by atoms with Crippen LogP contribution in [0.25, 0.3) is 17.0 Å². The molecule has 0 radical (unpaired) electrons. The predicted molar refractivity (Wildman–Crippen MR) is 70.7 cm³/mol. The molecule has 0 N–H and O–H groups in total. The third kappa shape index (κ3) is 1.86. The molecule has 0 fully saturated rings. The lowest BCUT2D eigenvalue weighted by Crippen LogP contribution is -1.99. The number of rotatable bonds is 1. The molecule has 0 amide bonds. The molecule has 6 heteroatoms. The van der Waals surface area contributed by atoms with Gasteiger partial charge in [0, 0.05) is 6.07 Å². The lowest BCUT2D eigenvalue weighted by molar-refractivity contribution is 0.620. The first-order chi connectivity index (χ1) is 9.08. The molecule has 0 atom stereocenters. The highest BCUT2D eigenvalue weighted by Crippen LogP contribution is 2.25. The van der Waals surface area contributed by atoms with Crippen LogP contribution in [0.4, 0.5) is 4.39 Å². The summed E-state index contributed by atoms with van der Waals surface area (Å²) in [6.45, 7) is 3.49. The first kappa shape index (κ1) is 12.0. The fourth-order valence-corrected chi connectivity index (χ4v) is 2.27. The standard InChI is InChI=1S/C13H10ClFN4/c1-7-4-3-5-9(12(7)15)13-18-17-11-6-10(14)16-8(2)19(11)13/h3-6H,1-2H3. The normalized spacial score (nSPS) is 11.2. The number of fused-ring (bicyclic) bond motifs is 1. The molecular weight excluding hydrogens is 267 g/mol. The summed E-state index contributed by atoms with van der Waals surface area (Å²) in [6, 6.07) is 6.77. The smallest absolute Gasteiger partial charge is 0.172 e. The summed E-state index contributed by atoms with van der Waals surface area (Å²) in [7, 11) is 0. The Labute approximate surface area is 113 Å². The monoisotopic (exact) mass is 276 g/mol. The van der Waals surface area contributed by atoms with E-state index in [9.17, 15) is 4.39 Å². The van der Waals surface area contributed by atoms with E-state index in [2.05, 4.69) is 15.2 Å². The van der Waals surface area contributed by atoms with Crippen molar-refractivity contribution in [3.05, 3.63) is 46.6 Å². The van der Waals surface area contributed by atoms with Crippen molar-refractivity contribution in [2.24, 2.45) is 0 Å². The largest absolute Gasteiger partial charge is 0.263 e. The van der Waals surface area contributed by atoms with Crippen molar-refractivity contribution in [2.45, 2.75) is 13.8 Å². The molecule has 0 bridgehead atoms. The van der Waals surface area contributed by atoms with Crippen molar-refractivity contribution in [3.63, 3.8) is 0 Å². The first-order valence-corrected chi connectivity index (χ1v) is 6.09. The number of hydrogen-bond acceptors (Lipinski definition) is 3. The van der Waals surface area contributed by atoms with Crippen molar-refractivity contribution in [3.8, 4) is 11.4 Å². The second kappa shape index (κ2) is 4.28. The summed E-state index contributed by atoms with van der Waals surface area (Å²) in [5, 5.41) is 8.39. The van der Waals surface area contributed by atoms with Crippen LogP contribution in [0.3, 0.4) is 0 Å². The maximum absolute atomic E-state index is 14.2. The Balaban J connectivity index is 2.35. The van der Waals surface area contributed by atoms with Gasteiger partial charge in [-0.15, -0.1) is 10.2 Å². The van der Waals surface area contributed by atoms with E-state index >= 15 is 0 Å². The van der Waals surface area contributed by atoms with Gasteiger partial charge in [0.25, 0.3) is 0 Å². The predicted octanol–water partition coefficient (Wildman–Crippen LogP) is 3.20. The maximum atomic E-state index is 14.2. The highest BCUT2D eigenvalue weighted by Gasteiger charge is 2.16. The number of nitrogens with zero attached hydrogens (tertiary/aromatic N) is 4. The lowest BCUT2D eigenvalue weighted by atomic mass is 10.1. The maximum Gasteiger partial charge on any atom is 0.172 e. The van der Waals surface area contributed by atoms with Gasteiger partial charge in [-0.3, -0.25) is 4.40 Å². The Kier molecular flexibility index (Phi) is 2.71. The van der Waals surface area contributed by atoms with Crippen LogP contribution < -0.4 is 0 Å². The topological polar surface area (TPSA) is 43.1 Å². The van der Waals surface area contributed by atoms with Crippen LogP contribution in [-0.4, -0.2) is 19.6 Å². The summed E-state index contributed by atoms with van der Waals surface area (Å²) in [4.78, 5) is 4.14. The molecule has 0 unspecified atom stereocenters. The molecule has 1 aromatic carbocycles. The molecule has 0 saturated heterocycles. The fraction of sp³-hybridized carbons (Fsp3) is 0.154. The van der Waals surface area contributed by atoms with Crippen LogP contribution >= 0.6 is 11.6 Å². The zero-order valence-corrected chi connectivity index (χ0v) is 11.1. The molecule has 0 aliphatic heterocycles. The summed E-state index contributed by atoms with van der Waals surface area (Å²) >= 11 is 5.87. The summed E-state index contributed by atoms with van der Waals surface area (Å²) < 4.78 is 15.9. The average Bonchev–Trinajstić information content (AvgIpc) is 2.76. The zero-order valence-electron chi connectivity index (χ0n) is 10.4. The van der Waals surface area contributed by atoms with Gasteiger partial charge in [0.1, 0.15) is 16.8 Å². The molecule has 4 nitrogen and oxygen atoms in total. The minimum Gasteiger partial charge on any atom is -0.263 e. The van der Waals surface area contributed by atoms with Crippen molar-refractivity contribution >= 4 is 17.2 Å². The van der Waals surface area contributed by atoms with E-state index in [1.165, 1.54) is 0 Å². The Morgan fingerprint density at radius 2 is 2.00 bits per heavy atom. The van der Waals surface area contributed by atoms with Crippen molar-refractivity contribution in [1.29, 1.82) is 0 Å². The van der Waals surface area contributed by atoms with Crippen LogP contribution in [-0.2, 0) is 0 Å². The second-order valence-electron chi connectivity index (χ2n) is 4.28. The van der Waals surface area contributed by atoms with E-state index in [1.807, 2.05) is 0 Å². The van der Waals surface area contributed by atoms with Crippen molar-refractivity contribution in [2.75, 3.05) is 0 Å². The van der Waals surface area contributed by atoms with Gasteiger partial charge in [0.15, 0.2) is 11.5 Å². The minimum atomic E-state index is -0.300. The van der Waals surface area contributed by atoms with Crippen LogP contribution in [0.2, 0.25) is 5.15 Å². The van der Waals surface area contributed by atoms with Crippen LogP contribution in [0.5, 0.6) is 0 Å². The molecule has 0 aliphatic rings. The quantitative estimate of drug-likeness (QED) is 0.641. The molecule has 2 aromatic heterocycles. The molecule has 0 spiro atoms. The second-order valence-corrected chi connectivity index (χ2v) is 4.67. The van der Waals surface area contributed by atoms with Gasteiger partial charge >= 0.3 is 0 Å². The van der Waals surface area contributed by atoms with E-state index in [1.54, 1.807) is 42.5 Å². The minimum absolute atomic E-state index is 0.300. The van der Waals surface area contributed by atoms with Crippen LogP contribution in [0.15, 0.2) is 24.3 Å². The van der Waals surface area contributed by atoms with E-state index in [0.29, 0.717) is 33.6 Å². The molecule has 19 heavy (non-hydrogen) atoms. The van der Waals surface area contributed by atoms with E-state index in [0.717, 1.165) is 0 Å². The third-order valence-electron chi connectivity index (χ3n) is 2.96. The lowest BCUT2D eigenvalue weighted by Gasteiger charge is -2.06. The van der Waals surface area contributed by atoms with E-state index in [-0.39, 0.29) is 5.82 Å². The van der Waals surface area contributed by atoms with Gasteiger partial charge < -0.3 is 0 Å². The van der Waals surface area contributed by atoms with Gasteiger partial charge in [-0.25, -0.2) is 9.37 Å². The first-order valence-electron chi connectivity index (χ1n) is 5.71. The third-order valence-corrected chi connectivity index (χ3v) is 3.15. The van der Waals surface area contributed by atoms with E-state index < -0.39 is 0 Å². The number of halogens is 2. The SMILES string of the molecule is Cc1cccc(-c2nnc3cc(Cl)nc(C)n23)c1F. The number of aromatic nitrogens is 4. The number of hydrogen-bond donors (Lipinski definition) is 0. The summed E-state index contributed by atoms with van der Waals surface area (Å²) in [6.07, 6.45) is 0. The average molecular weight is 277 g/mol. The Morgan fingerprint density at radius 3 is 2.79 bits per heavy atom. The van der Waals surface area contributed by atoms with Crippen LogP contribution in [0.1, 0.15) is 11.4 Å². The molecular formula is C13H10ClFN4. The molecule has 0 aliphatic carbocycles. The van der Waals surface area contributed by atoms with Gasteiger partial charge in [-0.2, -0.15) is 0 Å². The molecule has 2 heterocycles. The molecule has 96 valence electrons. The van der Waals surface area contributed by atoms with Gasteiger partial charge in [0.05, 0.1) is 5.56 Å². The van der Waals surface area contributed by atoms with E-state index in [4.69, 9.17) is 11.6 Å². The zero-order chi connectivity index (χ0) is 13.6. The van der Waals surface area contributed by atoms with Gasteiger partial charge in [-0.05, 0) is 25.5 Å². The van der Waals surface area contributed by atoms with Crippen LogP contribution in [0, 0.1) is 19.7 Å². The Morgan fingerprint density at radius 1 is 1.21 bits per heavy atom. The molecule has 0 saturated carbocycles. The number of benzene rings is 1. The summed E-state index contributed by atoms with van der Waals surface area (Å²) in [5.41, 5.74) is 1.52. The molecule has 3 aromatic rings. The van der Waals surface area contributed by atoms with Gasteiger partial charge in [-0.1, -0.05) is 23.7 Å². The fourth-order valence-electron chi connectivity index (χ4n) is 2.05. The highest BCUT2D eigenvalue weighted by molar-refractivity contribution is 6.29. The molecule has 3 rings (SSSR count). The van der Waals surface area contributed by atoms with Gasteiger partial charge in [0.2, 0.25) is 0 Å². The van der Waals surface area contributed by atoms with Crippen molar-refractivity contribution in [1.82, 2.24) is 19.6 Å². The number of aryl methyl sites for hydroxylation is 2. The Bertz CT molecular complexity index is 782. The highest BCUT2D eigenvalue weighted by atomic mass is 35.5.